The molecule has 0 saturated carbocycles. The number of aromatic amines is 1. The predicted molar refractivity (Wildman–Crippen MR) is 128 cm³/mol. The summed E-state index contributed by atoms with van der Waals surface area (Å²) in [6.45, 7) is 0.253. The molecule has 5 N–H and O–H groups in total. The highest BCUT2D eigenvalue weighted by atomic mass is 19.1. The number of H-pyrrole nitrogens is 1. The second-order valence-electron chi connectivity index (χ2n) is 9.32. The third-order valence-corrected chi connectivity index (χ3v) is 6.93. The number of likely N-dealkylation sites (N-methyl/N-ethyl adjacent to an activating group) is 1. The number of nitrogens with one attached hydrogen (secondary N) is 2. The smallest absolute Gasteiger partial charge is 0.335 e. The monoisotopic (exact) mass is 494 g/mol. The molecule has 2 unspecified atom stereocenters. The van der Waals surface area contributed by atoms with Crippen LogP contribution < -0.4 is 11.1 Å². The first-order valence-electron chi connectivity index (χ1n) is 11.8. The highest BCUT2D eigenvalue weighted by molar-refractivity contribution is 5.91. The molecule has 1 fully saturated rings. The lowest BCUT2D eigenvalue weighted by atomic mass is 9.94. The van der Waals surface area contributed by atoms with E-state index in [1.54, 1.807) is 19.2 Å². The molecule has 1 aromatic heterocycles. The van der Waals surface area contributed by atoms with Crippen LogP contribution in [-0.4, -0.2) is 58.0 Å². The number of nitrogens with two attached hydrogens (primary N) is 1. The minimum absolute atomic E-state index is 0.0585. The predicted octanol–water partition coefficient (Wildman–Crippen LogP) is 1.79. The first-order valence-corrected chi connectivity index (χ1v) is 11.8. The fraction of sp³-hybridized carbons (Fsp3) is 0.346. The molecule has 4 atom stereocenters. The van der Waals surface area contributed by atoms with Crippen molar-refractivity contribution in [2.75, 3.05) is 7.05 Å². The summed E-state index contributed by atoms with van der Waals surface area (Å²) in [5, 5.41) is 12.7. The maximum absolute atomic E-state index is 14.7. The van der Waals surface area contributed by atoms with Gasteiger partial charge in [0.2, 0.25) is 11.8 Å². The first kappa shape index (κ1) is 24.0. The molecule has 0 bridgehead atoms. The quantitative estimate of drug-likeness (QED) is 0.369. The molecule has 2 amide bonds. The average Bonchev–Trinajstić information content (AvgIpc) is 3.59. The van der Waals surface area contributed by atoms with Gasteiger partial charge in [0.15, 0.2) is 6.10 Å². The molecule has 3 aromatic rings. The minimum Gasteiger partial charge on any atom is -0.479 e. The van der Waals surface area contributed by atoms with Crippen molar-refractivity contribution in [3.05, 3.63) is 70.7 Å². The van der Waals surface area contributed by atoms with Gasteiger partial charge in [-0.15, -0.1) is 0 Å². The van der Waals surface area contributed by atoms with Crippen molar-refractivity contribution < 1.29 is 28.6 Å². The van der Waals surface area contributed by atoms with Crippen LogP contribution >= 0.6 is 0 Å². The first-order chi connectivity index (χ1) is 17.3. The number of epoxide rings is 1. The molecule has 2 aliphatic heterocycles. The van der Waals surface area contributed by atoms with Gasteiger partial charge in [-0.25, -0.2) is 9.18 Å². The highest BCUT2D eigenvalue weighted by Crippen LogP contribution is 2.39. The van der Waals surface area contributed by atoms with Gasteiger partial charge in [-0.1, -0.05) is 30.3 Å². The molecule has 2 aliphatic rings. The number of carboxylic acid groups (broad SMARTS) is 1. The summed E-state index contributed by atoms with van der Waals surface area (Å²) in [4.78, 5) is 41.8. The lowest BCUT2D eigenvalue weighted by Gasteiger charge is -2.35. The topological polar surface area (TPSA) is 141 Å². The van der Waals surface area contributed by atoms with E-state index in [2.05, 4.69) is 10.3 Å². The summed E-state index contributed by atoms with van der Waals surface area (Å²) in [5.74, 6) is -2.15. The van der Waals surface area contributed by atoms with Crippen molar-refractivity contribution in [3.63, 3.8) is 0 Å². The third kappa shape index (κ3) is 4.45. The maximum Gasteiger partial charge on any atom is 0.335 e. The second kappa shape index (κ2) is 9.36. The van der Waals surface area contributed by atoms with Crippen LogP contribution in [0.4, 0.5) is 4.39 Å². The number of carboxylic acids is 1. The lowest BCUT2D eigenvalue weighted by molar-refractivity contribution is -0.142. The number of hydrogen-bond donors (Lipinski definition) is 4. The summed E-state index contributed by atoms with van der Waals surface area (Å²) in [5.41, 5.74) is 9.88. The van der Waals surface area contributed by atoms with Crippen LogP contribution in [0.2, 0.25) is 0 Å². The number of carbonyl (C=O) groups is 3. The van der Waals surface area contributed by atoms with Gasteiger partial charge in [-0.3, -0.25) is 9.59 Å². The molecule has 3 heterocycles. The molecule has 1 saturated heterocycles. The summed E-state index contributed by atoms with van der Waals surface area (Å²) in [6, 6.07) is 10.9. The fourth-order valence-electron chi connectivity index (χ4n) is 5.03. The number of fused-ring (bicyclic) bond motifs is 3. The third-order valence-electron chi connectivity index (χ3n) is 6.93. The van der Waals surface area contributed by atoms with Gasteiger partial charge in [0.1, 0.15) is 18.0 Å². The summed E-state index contributed by atoms with van der Waals surface area (Å²) >= 11 is 0. The van der Waals surface area contributed by atoms with Crippen molar-refractivity contribution in [1.82, 2.24) is 15.2 Å². The number of ether oxygens (including phenoxy) is 1. The van der Waals surface area contributed by atoms with E-state index in [0.717, 1.165) is 22.2 Å². The van der Waals surface area contributed by atoms with Crippen molar-refractivity contribution in [3.8, 4) is 0 Å². The van der Waals surface area contributed by atoms with E-state index >= 15 is 0 Å². The van der Waals surface area contributed by atoms with Gasteiger partial charge in [0.25, 0.3) is 0 Å². The molecule has 5 rings (SSSR count). The number of rotatable bonds is 7. The number of benzene rings is 2. The van der Waals surface area contributed by atoms with Crippen LogP contribution in [0.15, 0.2) is 42.5 Å². The van der Waals surface area contributed by atoms with E-state index in [1.807, 2.05) is 24.3 Å². The van der Waals surface area contributed by atoms with Crippen molar-refractivity contribution in [2.24, 2.45) is 5.73 Å². The Morgan fingerprint density at radius 3 is 2.75 bits per heavy atom. The van der Waals surface area contributed by atoms with Gasteiger partial charge in [0, 0.05) is 42.5 Å². The van der Waals surface area contributed by atoms with Crippen LogP contribution in [0.25, 0.3) is 10.9 Å². The molecular weight excluding hydrogens is 467 g/mol. The minimum atomic E-state index is -1.09. The Morgan fingerprint density at radius 1 is 1.28 bits per heavy atom. The number of aromatic nitrogens is 1. The van der Waals surface area contributed by atoms with E-state index in [-0.39, 0.29) is 31.2 Å². The van der Waals surface area contributed by atoms with Crippen molar-refractivity contribution in [2.45, 2.75) is 50.1 Å². The zero-order chi connectivity index (χ0) is 25.6. The summed E-state index contributed by atoms with van der Waals surface area (Å²) in [7, 11) is 1.54. The fourth-order valence-corrected chi connectivity index (χ4v) is 5.03. The lowest BCUT2D eigenvalue weighted by Crippen LogP contribution is -2.52. The van der Waals surface area contributed by atoms with E-state index in [0.29, 0.717) is 17.5 Å². The van der Waals surface area contributed by atoms with Crippen LogP contribution in [0.5, 0.6) is 0 Å². The molecule has 9 nitrogen and oxygen atoms in total. The van der Waals surface area contributed by atoms with Crippen molar-refractivity contribution >= 4 is 28.7 Å². The Kier molecular flexibility index (Phi) is 6.23. The van der Waals surface area contributed by atoms with Crippen LogP contribution in [0, 0.1) is 5.82 Å². The molecule has 0 radical (unpaired) electrons. The number of halogens is 1. The van der Waals surface area contributed by atoms with Gasteiger partial charge >= 0.3 is 5.97 Å². The summed E-state index contributed by atoms with van der Waals surface area (Å²) in [6.07, 6.45) is -1.17. The maximum atomic E-state index is 14.7. The van der Waals surface area contributed by atoms with Gasteiger partial charge in [-0.05, 0) is 35.2 Å². The molecule has 0 aliphatic carbocycles. The van der Waals surface area contributed by atoms with Crippen LogP contribution in [-0.2, 0) is 38.5 Å². The zero-order valence-corrected chi connectivity index (χ0v) is 19.7. The second-order valence-corrected chi connectivity index (χ2v) is 9.32. The van der Waals surface area contributed by atoms with Gasteiger partial charge < -0.3 is 30.8 Å². The molecular formula is C26H27FN4O5. The number of amides is 2. The summed E-state index contributed by atoms with van der Waals surface area (Å²) < 4.78 is 19.8. The van der Waals surface area contributed by atoms with E-state index in [4.69, 9.17) is 15.6 Å². The van der Waals surface area contributed by atoms with E-state index in [1.165, 1.54) is 11.0 Å². The molecule has 0 spiro atoms. The number of para-hydroxylation sites is 1. The Balaban J connectivity index is 1.28. The Morgan fingerprint density at radius 2 is 2.06 bits per heavy atom. The molecule has 36 heavy (non-hydrogen) atoms. The Bertz CT molecular complexity index is 1360. The normalized spacial score (nSPS) is 21.6. The van der Waals surface area contributed by atoms with Crippen LogP contribution in [0.3, 0.4) is 0 Å². The Hall–Kier alpha value is -3.76. The average molecular weight is 495 g/mol. The highest BCUT2D eigenvalue weighted by Gasteiger charge is 2.46. The van der Waals surface area contributed by atoms with Gasteiger partial charge in [-0.2, -0.15) is 0 Å². The Labute approximate surface area is 206 Å². The van der Waals surface area contributed by atoms with Gasteiger partial charge in [0.05, 0.1) is 6.54 Å². The van der Waals surface area contributed by atoms with Crippen LogP contribution in [0.1, 0.15) is 34.9 Å². The van der Waals surface area contributed by atoms with E-state index in [9.17, 15) is 18.8 Å². The zero-order valence-electron chi connectivity index (χ0n) is 19.7. The molecule has 10 heteroatoms. The number of aliphatic carboxylic acids is 1. The number of carbonyl (C=O) groups excluding carboxylic acids is 2. The van der Waals surface area contributed by atoms with E-state index < -0.39 is 36.1 Å². The molecule has 188 valence electrons. The largest absolute Gasteiger partial charge is 0.479 e. The number of nitrogens with zero attached hydrogens (tertiary/aromatic N) is 1. The molecule has 2 aromatic carbocycles. The number of hydrogen-bond acceptors (Lipinski definition) is 5. The standard InChI is InChI=1S/C26H27FN4O5/c1-29-25(33)21-11-17-16-4-2-3-5-19(16)30-20(17)12-31(21)22(32)10-15(28)8-13-6-7-14(9-18(13)27)23-24(36-23)26(34)35/h2-7,9,15,21,23-24,30H,8,10-12,28H2,1H3,(H,29,33)(H,34,35)/t15-,21-,23?,24?/m1/s1. The SMILES string of the molecule is CNC(=O)[C@H]1Cc2c([nH]c3ccccc23)CN1C(=O)C[C@H](N)Cc1ccc(C2OC2C(=O)O)cc1F. The van der Waals surface area contributed by atoms with Crippen molar-refractivity contribution in [1.29, 1.82) is 0 Å².